The van der Waals surface area contributed by atoms with Gasteiger partial charge in [-0.1, -0.05) is 11.8 Å². The Hall–Kier alpha value is -2.87. The third kappa shape index (κ3) is 3.97. The summed E-state index contributed by atoms with van der Waals surface area (Å²) in [6.07, 6.45) is 0. The zero-order chi connectivity index (χ0) is 17.6. The summed E-state index contributed by atoms with van der Waals surface area (Å²) in [6.45, 7) is 0. The zero-order valence-electron chi connectivity index (χ0n) is 13.7. The van der Waals surface area contributed by atoms with Gasteiger partial charge in [0.1, 0.15) is 11.5 Å². The van der Waals surface area contributed by atoms with E-state index in [1.165, 1.54) is 11.8 Å². The predicted molar refractivity (Wildman–Crippen MR) is 93.8 cm³/mol. The van der Waals surface area contributed by atoms with E-state index >= 15 is 0 Å². The molecule has 1 aromatic heterocycles. The number of thioether (sulfide) groups is 1. The molecule has 0 amide bonds. The lowest BCUT2D eigenvalue weighted by molar-refractivity contribution is 0.102. The molecule has 7 nitrogen and oxygen atoms in total. The van der Waals surface area contributed by atoms with E-state index < -0.39 is 0 Å². The number of ether oxygens (including phenoxy) is 2. The van der Waals surface area contributed by atoms with Gasteiger partial charge in [-0.3, -0.25) is 4.79 Å². The van der Waals surface area contributed by atoms with Crippen LogP contribution in [0.4, 0.5) is 0 Å². The van der Waals surface area contributed by atoms with Gasteiger partial charge in [0.25, 0.3) is 0 Å². The minimum Gasteiger partial charge on any atom is -0.497 e. The second-order valence-corrected chi connectivity index (χ2v) is 5.95. The van der Waals surface area contributed by atoms with E-state index in [-0.39, 0.29) is 11.5 Å². The average Bonchev–Trinajstić information content (AvgIpc) is 3.15. The van der Waals surface area contributed by atoms with Crippen LogP contribution < -0.4 is 9.47 Å². The average molecular weight is 356 g/mol. The van der Waals surface area contributed by atoms with Crippen LogP contribution in [0, 0.1) is 0 Å². The van der Waals surface area contributed by atoms with E-state index in [1.807, 2.05) is 24.3 Å². The molecule has 0 saturated carbocycles. The van der Waals surface area contributed by atoms with Crippen molar-refractivity contribution in [1.29, 1.82) is 0 Å². The van der Waals surface area contributed by atoms with Crippen LogP contribution >= 0.6 is 11.8 Å². The normalized spacial score (nSPS) is 10.5. The first-order valence-electron chi connectivity index (χ1n) is 7.44. The van der Waals surface area contributed by atoms with E-state index in [0.29, 0.717) is 16.5 Å². The van der Waals surface area contributed by atoms with Crippen molar-refractivity contribution < 1.29 is 14.3 Å². The highest BCUT2D eigenvalue weighted by atomic mass is 32.2. The van der Waals surface area contributed by atoms with Crippen molar-refractivity contribution in [3.8, 4) is 17.2 Å². The van der Waals surface area contributed by atoms with Crippen LogP contribution in [0.2, 0.25) is 0 Å². The molecule has 0 fully saturated rings. The molecule has 8 heteroatoms. The first-order valence-corrected chi connectivity index (χ1v) is 8.42. The van der Waals surface area contributed by atoms with Crippen LogP contribution in [0.1, 0.15) is 10.4 Å². The number of carbonyl (C=O) groups is 1. The van der Waals surface area contributed by atoms with Crippen LogP contribution in [0.15, 0.2) is 53.7 Å². The fourth-order valence-corrected chi connectivity index (χ4v) is 2.93. The van der Waals surface area contributed by atoms with Crippen LogP contribution in [0.3, 0.4) is 0 Å². The van der Waals surface area contributed by atoms with Gasteiger partial charge in [0.2, 0.25) is 5.16 Å². The molecule has 0 aliphatic rings. The predicted octanol–water partition coefficient (Wildman–Crippen LogP) is 2.65. The highest BCUT2D eigenvalue weighted by Crippen LogP contribution is 2.21. The Bertz CT molecular complexity index is 847. The van der Waals surface area contributed by atoms with E-state index in [1.54, 1.807) is 43.2 Å². The first kappa shape index (κ1) is 17.0. The smallest absolute Gasteiger partial charge is 0.214 e. The quantitative estimate of drug-likeness (QED) is 0.475. The van der Waals surface area contributed by atoms with Gasteiger partial charge in [-0.05, 0) is 59.0 Å². The molecular weight excluding hydrogens is 340 g/mol. The fourth-order valence-electron chi connectivity index (χ4n) is 2.14. The third-order valence-corrected chi connectivity index (χ3v) is 4.42. The van der Waals surface area contributed by atoms with Crippen LogP contribution in [-0.2, 0) is 0 Å². The molecule has 0 unspecified atom stereocenters. The van der Waals surface area contributed by atoms with Crippen LogP contribution in [-0.4, -0.2) is 46.0 Å². The molecule has 3 aromatic rings. The second kappa shape index (κ2) is 7.80. The summed E-state index contributed by atoms with van der Waals surface area (Å²) in [4.78, 5) is 12.3. The van der Waals surface area contributed by atoms with Gasteiger partial charge in [-0.25, -0.2) is 0 Å². The molecule has 0 aliphatic heterocycles. The number of benzene rings is 2. The number of tetrazole rings is 1. The fraction of sp³-hybridized carbons (Fsp3) is 0.176. The number of hydrogen-bond acceptors (Lipinski definition) is 7. The van der Waals surface area contributed by atoms with Crippen molar-refractivity contribution in [1.82, 2.24) is 20.2 Å². The molecule has 0 atom stereocenters. The van der Waals surface area contributed by atoms with Crippen molar-refractivity contribution >= 4 is 17.5 Å². The number of hydrogen-bond donors (Lipinski definition) is 0. The second-order valence-electron chi connectivity index (χ2n) is 5.01. The van der Waals surface area contributed by atoms with Gasteiger partial charge in [-0.15, -0.1) is 5.10 Å². The first-order chi connectivity index (χ1) is 12.2. The topological polar surface area (TPSA) is 79.1 Å². The van der Waals surface area contributed by atoms with Crippen molar-refractivity contribution in [2.45, 2.75) is 5.16 Å². The standard InChI is InChI=1S/C17H16N4O3S/c1-23-14-7-3-12(4-8-14)16(22)11-25-17-18-19-20-21(17)13-5-9-15(24-2)10-6-13/h3-10H,11H2,1-2H3. The molecule has 2 aromatic carbocycles. The number of ketones is 1. The lowest BCUT2D eigenvalue weighted by Crippen LogP contribution is -2.05. The van der Waals surface area contributed by atoms with Crippen molar-refractivity contribution in [2.24, 2.45) is 0 Å². The summed E-state index contributed by atoms with van der Waals surface area (Å²) < 4.78 is 11.8. The number of methoxy groups -OCH3 is 2. The summed E-state index contributed by atoms with van der Waals surface area (Å²) in [5.74, 6) is 1.70. The molecule has 0 aliphatic carbocycles. The molecule has 3 rings (SSSR count). The van der Waals surface area contributed by atoms with E-state index in [0.717, 1.165) is 11.4 Å². The lowest BCUT2D eigenvalue weighted by atomic mass is 10.1. The molecule has 0 saturated heterocycles. The van der Waals surface area contributed by atoms with E-state index in [9.17, 15) is 4.79 Å². The summed E-state index contributed by atoms with van der Waals surface area (Å²) in [5.41, 5.74) is 1.42. The number of aromatic nitrogens is 4. The Morgan fingerprint density at radius 3 is 2.20 bits per heavy atom. The minimum atomic E-state index is -0.00284. The van der Waals surface area contributed by atoms with Crippen LogP contribution in [0.5, 0.6) is 11.5 Å². The SMILES string of the molecule is COc1ccc(C(=O)CSc2nnnn2-c2ccc(OC)cc2)cc1. The maximum Gasteiger partial charge on any atom is 0.214 e. The molecule has 0 spiro atoms. The Balaban J connectivity index is 1.69. The maximum atomic E-state index is 12.3. The number of rotatable bonds is 7. The number of Topliss-reactive ketones (excluding diaryl/α,β-unsaturated/α-hetero) is 1. The summed E-state index contributed by atoms with van der Waals surface area (Å²) in [6, 6.07) is 14.4. The van der Waals surface area contributed by atoms with E-state index in [2.05, 4.69) is 15.5 Å². The highest BCUT2D eigenvalue weighted by molar-refractivity contribution is 7.99. The summed E-state index contributed by atoms with van der Waals surface area (Å²) in [5, 5.41) is 12.2. The molecule has 128 valence electrons. The van der Waals surface area contributed by atoms with Gasteiger partial charge in [0.15, 0.2) is 5.78 Å². The van der Waals surface area contributed by atoms with Gasteiger partial charge in [0, 0.05) is 5.56 Å². The van der Waals surface area contributed by atoms with Crippen LogP contribution in [0.25, 0.3) is 5.69 Å². The van der Waals surface area contributed by atoms with Crippen molar-refractivity contribution in [3.63, 3.8) is 0 Å². The number of carbonyl (C=O) groups excluding carboxylic acids is 1. The van der Waals surface area contributed by atoms with Crippen molar-refractivity contribution in [2.75, 3.05) is 20.0 Å². The summed E-state index contributed by atoms with van der Waals surface area (Å²) in [7, 11) is 3.20. The molecule has 0 radical (unpaired) electrons. The minimum absolute atomic E-state index is 0.00284. The largest absolute Gasteiger partial charge is 0.497 e. The van der Waals surface area contributed by atoms with E-state index in [4.69, 9.17) is 9.47 Å². The monoisotopic (exact) mass is 356 g/mol. The maximum absolute atomic E-state index is 12.3. The Morgan fingerprint density at radius 1 is 1.00 bits per heavy atom. The van der Waals surface area contributed by atoms with Gasteiger partial charge in [0.05, 0.1) is 25.7 Å². The molecule has 1 heterocycles. The molecular formula is C17H16N4O3S. The Morgan fingerprint density at radius 2 is 1.60 bits per heavy atom. The zero-order valence-corrected chi connectivity index (χ0v) is 14.6. The van der Waals surface area contributed by atoms with Gasteiger partial charge < -0.3 is 9.47 Å². The third-order valence-electron chi connectivity index (χ3n) is 3.50. The highest BCUT2D eigenvalue weighted by Gasteiger charge is 2.13. The molecule has 25 heavy (non-hydrogen) atoms. The van der Waals surface area contributed by atoms with Crippen molar-refractivity contribution in [3.05, 3.63) is 54.1 Å². The Kier molecular flexibility index (Phi) is 5.30. The Labute approximate surface area is 149 Å². The molecule has 0 N–H and O–H groups in total. The lowest BCUT2D eigenvalue weighted by Gasteiger charge is -2.06. The van der Waals surface area contributed by atoms with Gasteiger partial charge in [-0.2, -0.15) is 4.68 Å². The molecule has 0 bridgehead atoms. The summed E-state index contributed by atoms with van der Waals surface area (Å²) >= 11 is 1.29. The number of nitrogens with zero attached hydrogens (tertiary/aromatic N) is 4. The van der Waals surface area contributed by atoms with Gasteiger partial charge >= 0.3 is 0 Å².